The normalized spacial score (nSPS) is 24.6. The minimum atomic E-state index is -2.82. The second kappa shape index (κ2) is 8.34. The highest BCUT2D eigenvalue weighted by Crippen LogP contribution is 2.64. The molecular formula is C23H18ClF3N6O2S. The molecular weight excluding hydrogens is 517 g/mol. The van der Waals surface area contributed by atoms with Crippen molar-refractivity contribution in [2.24, 2.45) is 16.1 Å². The number of aliphatic imine (C=N–C) groups is 1. The number of primary amides is 1. The Morgan fingerprint density at radius 3 is 2.89 bits per heavy atom. The number of nitrogens with two attached hydrogens (primary N) is 1. The molecule has 2 aliphatic heterocycles. The van der Waals surface area contributed by atoms with Gasteiger partial charge in [0.15, 0.2) is 10.8 Å². The molecule has 1 unspecified atom stereocenters. The van der Waals surface area contributed by atoms with E-state index in [0.29, 0.717) is 38.6 Å². The molecule has 8 nitrogen and oxygen atoms in total. The molecule has 2 fully saturated rings. The first kappa shape index (κ1) is 23.0. The number of piperidine rings is 1. The lowest BCUT2D eigenvalue weighted by Gasteiger charge is -2.34. The van der Waals surface area contributed by atoms with Crippen LogP contribution in [0.15, 0.2) is 52.9 Å². The minimum Gasteiger partial charge on any atom is -0.449 e. The number of hydrogen-bond donors (Lipinski definition) is 1. The Balaban J connectivity index is 1.54. The van der Waals surface area contributed by atoms with Crippen molar-refractivity contribution in [3.8, 4) is 0 Å². The van der Waals surface area contributed by atoms with Crippen molar-refractivity contribution in [1.82, 2.24) is 19.7 Å². The lowest BCUT2D eigenvalue weighted by molar-refractivity contribution is 0.0566. The molecule has 2 aromatic heterocycles. The Morgan fingerprint density at radius 1 is 1.39 bits per heavy atom. The van der Waals surface area contributed by atoms with Crippen molar-refractivity contribution in [2.75, 3.05) is 6.61 Å². The monoisotopic (exact) mass is 534 g/mol. The molecule has 1 amide bonds. The standard InChI is InChI=1S/C23H18ClF3N6O2S/c24-13-2-1-11(5-14(13)25)18-17(12-8-30-32(9-12)21(26)27)15-6-23(10-35-22(28)34)7-16(23)33(15)19(31-18)20-29-3-4-36-20/h1-5,8-9,16,18,21H,6-7,10H2,(H2,28,34)/t16?,18-,23-/m1/s1. The highest BCUT2D eigenvalue weighted by atomic mass is 35.5. The molecule has 0 bridgehead atoms. The van der Waals surface area contributed by atoms with Gasteiger partial charge in [-0.3, -0.25) is 4.99 Å². The van der Waals surface area contributed by atoms with E-state index in [1.54, 1.807) is 12.3 Å². The number of rotatable bonds is 6. The van der Waals surface area contributed by atoms with E-state index >= 15 is 0 Å². The maximum Gasteiger partial charge on any atom is 0.404 e. The number of amidine groups is 1. The zero-order valence-corrected chi connectivity index (χ0v) is 20.0. The molecule has 3 atom stereocenters. The number of nitrogens with zero attached hydrogens (tertiary/aromatic N) is 5. The lowest BCUT2D eigenvalue weighted by atomic mass is 9.89. The highest BCUT2D eigenvalue weighted by Gasteiger charge is 2.66. The second-order valence-corrected chi connectivity index (χ2v) is 10.3. The number of amides is 1. The third-order valence-electron chi connectivity index (χ3n) is 6.83. The van der Waals surface area contributed by atoms with Gasteiger partial charge in [-0.25, -0.2) is 18.9 Å². The van der Waals surface area contributed by atoms with Gasteiger partial charge in [-0.15, -0.1) is 11.3 Å². The fraction of sp³-hybridized carbons (Fsp3) is 0.304. The quantitative estimate of drug-likeness (QED) is 0.480. The van der Waals surface area contributed by atoms with Gasteiger partial charge in [-0.1, -0.05) is 17.7 Å². The van der Waals surface area contributed by atoms with Crippen LogP contribution in [-0.2, 0) is 4.74 Å². The molecule has 3 aliphatic rings. The van der Waals surface area contributed by atoms with E-state index in [1.165, 1.54) is 35.9 Å². The Bertz CT molecular complexity index is 1420. The summed E-state index contributed by atoms with van der Waals surface area (Å²) < 4.78 is 47.1. The Hall–Kier alpha value is -3.38. The highest BCUT2D eigenvalue weighted by molar-refractivity contribution is 7.11. The third-order valence-corrected chi connectivity index (χ3v) is 7.91. The van der Waals surface area contributed by atoms with E-state index in [4.69, 9.17) is 27.1 Å². The van der Waals surface area contributed by atoms with E-state index in [2.05, 4.69) is 10.1 Å². The molecule has 0 radical (unpaired) electrons. The van der Waals surface area contributed by atoms with E-state index in [1.807, 2.05) is 10.3 Å². The topological polar surface area (TPSA) is 98.6 Å². The molecule has 1 saturated heterocycles. The van der Waals surface area contributed by atoms with E-state index in [-0.39, 0.29) is 17.7 Å². The number of thiazole rings is 1. The number of ether oxygens (including phenoxy) is 1. The van der Waals surface area contributed by atoms with Crippen LogP contribution in [0.4, 0.5) is 18.0 Å². The van der Waals surface area contributed by atoms with E-state index in [0.717, 1.165) is 12.1 Å². The van der Waals surface area contributed by atoms with Crippen LogP contribution < -0.4 is 5.73 Å². The van der Waals surface area contributed by atoms with Crippen molar-refractivity contribution in [1.29, 1.82) is 0 Å². The number of allylic oxidation sites excluding steroid dienone is 1. The zero-order valence-electron chi connectivity index (χ0n) is 18.4. The first-order valence-electron chi connectivity index (χ1n) is 11.0. The Labute approximate surface area is 211 Å². The van der Waals surface area contributed by atoms with Gasteiger partial charge in [0.05, 0.1) is 11.2 Å². The van der Waals surface area contributed by atoms with Crippen LogP contribution in [0.2, 0.25) is 5.02 Å². The molecule has 13 heteroatoms. The fourth-order valence-corrected chi connectivity index (χ4v) is 5.89. The molecule has 36 heavy (non-hydrogen) atoms. The van der Waals surface area contributed by atoms with Gasteiger partial charge in [-0.2, -0.15) is 13.9 Å². The number of aromatic nitrogens is 3. The first-order chi connectivity index (χ1) is 17.3. The summed E-state index contributed by atoms with van der Waals surface area (Å²) >= 11 is 7.33. The van der Waals surface area contributed by atoms with Crippen molar-refractivity contribution >= 4 is 40.4 Å². The smallest absolute Gasteiger partial charge is 0.404 e. The molecule has 3 aromatic rings. The van der Waals surface area contributed by atoms with E-state index < -0.39 is 29.9 Å². The van der Waals surface area contributed by atoms with Gasteiger partial charge in [0.1, 0.15) is 18.5 Å². The molecule has 6 rings (SSSR count). The fourth-order valence-electron chi connectivity index (χ4n) is 5.14. The van der Waals surface area contributed by atoms with Gasteiger partial charge in [0, 0.05) is 46.1 Å². The van der Waals surface area contributed by atoms with Gasteiger partial charge < -0.3 is 15.4 Å². The SMILES string of the molecule is NC(=O)OC[C@]12CC3=C(c4cnn(C(F)F)c4)[C@@H](c4ccc(Cl)c(F)c4)N=C(c4nccs4)N3C1C2. The number of carbonyl (C=O) groups excluding carboxylic acids is 1. The molecule has 186 valence electrons. The van der Waals surface area contributed by atoms with Gasteiger partial charge in [0.2, 0.25) is 0 Å². The Morgan fingerprint density at radius 2 is 2.22 bits per heavy atom. The van der Waals surface area contributed by atoms with Crippen LogP contribution in [0.5, 0.6) is 0 Å². The van der Waals surface area contributed by atoms with Crippen LogP contribution in [0, 0.1) is 11.2 Å². The summed E-state index contributed by atoms with van der Waals surface area (Å²) in [5.74, 6) is -0.0235. The molecule has 0 spiro atoms. The minimum absolute atomic E-state index is 0.0373. The first-order valence-corrected chi connectivity index (χ1v) is 12.2. The number of alkyl halides is 2. The molecule has 1 aromatic carbocycles. The zero-order chi connectivity index (χ0) is 25.2. The Kier molecular flexibility index (Phi) is 5.34. The molecule has 1 aliphatic carbocycles. The van der Waals surface area contributed by atoms with Crippen molar-refractivity contribution < 1.29 is 22.7 Å². The van der Waals surface area contributed by atoms with Gasteiger partial charge in [-0.05, 0) is 30.5 Å². The summed E-state index contributed by atoms with van der Waals surface area (Å²) in [5, 5.41) is 6.26. The molecule has 4 heterocycles. The second-order valence-electron chi connectivity index (χ2n) is 8.95. The van der Waals surface area contributed by atoms with Gasteiger partial charge >= 0.3 is 12.6 Å². The van der Waals surface area contributed by atoms with Crippen LogP contribution in [-0.4, -0.2) is 44.2 Å². The summed E-state index contributed by atoms with van der Waals surface area (Å²) in [7, 11) is 0. The molecule has 1 saturated carbocycles. The number of halogens is 4. The van der Waals surface area contributed by atoms with Crippen molar-refractivity contribution in [3.63, 3.8) is 0 Å². The summed E-state index contributed by atoms with van der Waals surface area (Å²) in [6.45, 7) is -2.71. The third kappa shape index (κ3) is 3.66. The summed E-state index contributed by atoms with van der Waals surface area (Å²) in [6, 6.07) is 3.62. The van der Waals surface area contributed by atoms with Crippen LogP contribution in [0.1, 0.15) is 41.6 Å². The van der Waals surface area contributed by atoms with Crippen molar-refractivity contribution in [2.45, 2.75) is 31.5 Å². The van der Waals surface area contributed by atoms with Crippen LogP contribution >= 0.6 is 22.9 Å². The summed E-state index contributed by atoms with van der Waals surface area (Å²) in [4.78, 5) is 22.8. The predicted octanol–water partition coefficient (Wildman–Crippen LogP) is 5.00. The average Bonchev–Trinajstić information content (AvgIpc) is 3.30. The number of fused-ring (bicyclic) bond motifs is 3. The predicted molar refractivity (Wildman–Crippen MR) is 126 cm³/mol. The number of carbonyl (C=O) groups is 1. The van der Waals surface area contributed by atoms with Gasteiger partial charge in [0.25, 0.3) is 0 Å². The number of hydrogen-bond acceptors (Lipinski definition) is 7. The molecule has 2 N–H and O–H groups in total. The maximum atomic E-state index is 14.5. The van der Waals surface area contributed by atoms with Crippen LogP contribution in [0.25, 0.3) is 5.57 Å². The van der Waals surface area contributed by atoms with Crippen molar-refractivity contribution in [3.05, 3.63) is 74.8 Å². The maximum absolute atomic E-state index is 14.5. The van der Waals surface area contributed by atoms with Crippen LogP contribution in [0.3, 0.4) is 0 Å². The summed E-state index contributed by atoms with van der Waals surface area (Å²) in [6.07, 6.45) is 4.62. The summed E-state index contributed by atoms with van der Waals surface area (Å²) in [5.41, 5.74) is 7.20. The number of benzene rings is 1. The largest absolute Gasteiger partial charge is 0.449 e. The average molecular weight is 535 g/mol. The van der Waals surface area contributed by atoms with E-state index in [9.17, 15) is 18.0 Å². The lowest BCUT2D eigenvalue weighted by Crippen LogP contribution is -2.35.